The summed E-state index contributed by atoms with van der Waals surface area (Å²) in [6.07, 6.45) is 4.14. The van der Waals surface area contributed by atoms with Crippen molar-refractivity contribution in [1.29, 1.82) is 0 Å². The highest BCUT2D eigenvalue weighted by atomic mass is 35.5. The van der Waals surface area contributed by atoms with Crippen molar-refractivity contribution in [2.24, 2.45) is 7.05 Å². The SMILES string of the molecule is Cn1c(NCc2ccc(Oc3ccc(Cl)cn3)cc2)nc2ccc(Cc3ccn[nH]3)cc21. The zero-order chi connectivity index (χ0) is 21.9. The summed E-state index contributed by atoms with van der Waals surface area (Å²) in [7, 11) is 2.02. The van der Waals surface area contributed by atoms with Crippen LogP contribution in [0.2, 0.25) is 5.02 Å². The summed E-state index contributed by atoms with van der Waals surface area (Å²) in [5.74, 6) is 2.05. The molecule has 0 atom stereocenters. The quantitative estimate of drug-likeness (QED) is 0.354. The Kier molecular flexibility index (Phi) is 5.47. The second kappa shape index (κ2) is 8.72. The molecule has 3 heterocycles. The van der Waals surface area contributed by atoms with Gasteiger partial charge in [-0.3, -0.25) is 5.10 Å². The molecule has 32 heavy (non-hydrogen) atoms. The van der Waals surface area contributed by atoms with Crippen molar-refractivity contribution in [3.63, 3.8) is 0 Å². The number of nitrogens with one attached hydrogen (secondary N) is 2. The van der Waals surface area contributed by atoms with Gasteiger partial charge in [-0.2, -0.15) is 5.10 Å². The molecule has 0 fully saturated rings. The average Bonchev–Trinajstić information content (AvgIpc) is 3.43. The second-order valence-corrected chi connectivity index (χ2v) is 7.93. The van der Waals surface area contributed by atoms with Gasteiger partial charge in [0.25, 0.3) is 0 Å². The van der Waals surface area contributed by atoms with E-state index in [0.717, 1.165) is 40.4 Å². The number of hydrogen-bond acceptors (Lipinski definition) is 5. The first kappa shape index (κ1) is 20.1. The van der Waals surface area contributed by atoms with Crippen molar-refractivity contribution in [1.82, 2.24) is 24.7 Å². The van der Waals surface area contributed by atoms with E-state index in [-0.39, 0.29) is 0 Å². The highest BCUT2D eigenvalue weighted by Crippen LogP contribution is 2.23. The number of rotatable bonds is 7. The number of aromatic amines is 1. The van der Waals surface area contributed by atoms with Crippen molar-refractivity contribution in [3.8, 4) is 11.6 Å². The second-order valence-electron chi connectivity index (χ2n) is 7.49. The fourth-order valence-electron chi connectivity index (χ4n) is 3.51. The number of hydrogen-bond donors (Lipinski definition) is 2. The maximum atomic E-state index is 5.86. The van der Waals surface area contributed by atoms with Crippen LogP contribution in [0.1, 0.15) is 16.8 Å². The van der Waals surface area contributed by atoms with Gasteiger partial charge in [0.15, 0.2) is 0 Å². The monoisotopic (exact) mass is 444 g/mol. The highest BCUT2D eigenvalue weighted by molar-refractivity contribution is 6.30. The third-order valence-corrected chi connectivity index (χ3v) is 5.42. The number of anilines is 1. The molecule has 0 aliphatic rings. The fraction of sp³-hybridized carbons (Fsp3) is 0.125. The average molecular weight is 445 g/mol. The number of nitrogens with zero attached hydrogens (tertiary/aromatic N) is 4. The summed E-state index contributed by atoms with van der Waals surface area (Å²) in [6.45, 7) is 0.650. The molecule has 0 spiro atoms. The molecule has 5 aromatic rings. The van der Waals surface area contributed by atoms with Crippen LogP contribution in [-0.4, -0.2) is 24.7 Å². The van der Waals surface area contributed by atoms with Gasteiger partial charge in [0.2, 0.25) is 11.8 Å². The molecule has 0 aliphatic carbocycles. The molecule has 0 aliphatic heterocycles. The van der Waals surface area contributed by atoms with Crippen molar-refractivity contribution >= 4 is 28.6 Å². The smallest absolute Gasteiger partial charge is 0.219 e. The van der Waals surface area contributed by atoms with Crippen LogP contribution in [0, 0.1) is 0 Å². The lowest BCUT2D eigenvalue weighted by molar-refractivity contribution is 0.463. The van der Waals surface area contributed by atoms with Crippen molar-refractivity contribution in [2.45, 2.75) is 13.0 Å². The summed E-state index contributed by atoms with van der Waals surface area (Å²) >= 11 is 5.86. The number of aryl methyl sites for hydroxylation is 1. The fourth-order valence-corrected chi connectivity index (χ4v) is 3.62. The highest BCUT2D eigenvalue weighted by Gasteiger charge is 2.09. The molecule has 2 aromatic carbocycles. The van der Waals surface area contributed by atoms with E-state index in [9.17, 15) is 0 Å². The Balaban J connectivity index is 1.25. The summed E-state index contributed by atoms with van der Waals surface area (Å²) in [5, 5.41) is 11.0. The van der Waals surface area contributed by atoms with E-state index in [1.165, 1.54) is 5.56 Å². The van der Waals surface area contributed by atoms with Gasteiger partial charge in [-0.05, 0) is 47.5 Å². The minimum atomic E-state index is 0.506. The molecule has 2 N–H and O–H groups in total. The Labute approximate surface area is 190 Å². The third kappa shape index (κ3) is 4.43. The zero-order valence-corrected chi connectivity index (χ0v) is 18.2. The largest absolute Gasteiger partial charge is 0.439 e. The van der Waals surface area contributed by atoms with Crippen molar-refractivity contribution in [3.05, 3.63) is 94.9 Å². The number of pyridine rings is 1. The number of imidazole rings is 1. The van der Waals surface area contributed by atoms with Gasteiger partial charge >= 0.3 is 0 Å². The van der Waals surface area contributed by atoms with Crippen molar-refractivity contribution < 1.29 is 4.74 Å². The molecule has 0 saturated carbocycles. The summed E-state index contributed by atoms with van der Waals surface area (Å²) in [6, 6.07) is 19.7. The maximum absolute atomic E-state index is 5.86. The molecule has 0 bridgehead atoms. The first-order valence-electron chi connectivity index (χ1n) is 10.2. The predicted octanol–water partition coefficient (Wildman–Crippen LogP) is 5.34. The van der Waals surface area contributed by atoms with Crippen LogP contribution in [-0.2, 0) is 20.0 Å². The van der Waals surface area contributed by atoms with Crippen LogP contribution < -0.4 is 10.1 Å². The molecular weight excluding hydrogens is 424 g/mol. The number of halogens is 1. The Morgan fingerprint density at radius 3 is 2.62 bits per heavy atom. The van der Waals surface area contributed by atoms with Crippen LogP contribution in [0.4, 0.5) is 5.95 Å². The Morgan fingerprint density at radius 2 is 1.88 bits per heavy atom. The van der Waals surface area contributed by atoms with E-state index in [1.807, 2.05) is 37.4 Å². The Hall–Kier alpha value is -3.84. The lowest BCUT2D eigenvalue weighted by atomic mass is 10.1. The van der Waals surface area contributed by atoms with Gasteiger partial charge in [-0.25, -0.2) is 9.97 Å². The molecular formula is C24H21ClN6O. The van der Waals surface area contributed by atoms with Crippen LogP contribution in [0.3, 0.4) is 0 Å². The summed E-state index contributed by atoms with van der Waals surface area (Å²) < 4.78 is 7.82. The number of H-pyrrole nitrogens is 1. The third-order valence-electron chi connectivity index (χ3n) is 5.19. The molecule has 3 aromatic heterocycles. The lowest BCUT2D eigenvalue weighted by Gasteiger charge is -2.08. The molecule has 0 unspecified atom stereocenters. The van der Waals surface area contributed by atoms with Crippen LogP contribution >= 0.6 is 11.6 Å². The standard InChI is InChI=1S/C24H21ClN6O/c1-31-22-13-17(12-19-10-11-28-30-19)4-8-21(22)29-24(31)27-14-16-2-6-20(7-3-16)32-23-9-5-18(25)15-26-23/h2-11,13,15H,12,14H2,1H3,(H,27,29)(H,28,30). The van der Waals surface area contributed by atoms with E-state index in [1.54, 1.807) is 24.5 Å². The maximum Gasteiger partial charge on any atom is 0.219 e. The van der Waals surface area contributed by atoms with E-state index in [2.05, 4.69) is 43.3 Å². The van der Waals surface area contributed by atoms with Gasteiger partial charge in [-0.1, -0.05) is 29.8 Å². The number of ether oxygens (including phenoxy) is 1. The first-order valence-corrected chi connectivity index (χ1v) is 10.6. The van der Waals surface area contributed by atoms with E-state index >= 15 is 0 Å². The zero-order valence-electron chi connectivity index (χ0n) is 17.4. The molecule has 0 saturated heterocycles. The van der Waals surface area contributed by atoms with Gasteiger partial charge in [0, 0.05) is 44.2 Å². The molecule has 0 amide bonds. The van der Waals surface area contributed by atoms with Gasteiger partial charge < -0.3 is 14.6 Å². The molecule has 160 valence electrons. The van der Waals surface area contributed by atoms with Crippen LogP contribution in [0.5, 0.6) is 11.6 Å². The minimum Gasteiger partial charge on any atom is -0.439 e. The van der Waals surface area contributed by atoms with Gasteiger partial charge in [0.05, 0.1) is 16.1 Å². The van der Waals surface area contributed by atoms with E-state index < -0.39 is 0 Å². The number of fused-ring (bicyclic) bond motifs is 1. The lowest BCUT2D eigenvalue weighted by Crippen LogP contribution is -2.05. The normalized spacial score (nSPS) is 11.1. The molecule has 7 nitrogen and oxygen atoms in total. The number of aromatic nitrogens is 5. The predicted molar refractivity (Wildman–Crippen MR) is 125 cm³/mol. The van der Waals surface area contributed by atoms with Crippen LogP contribution in [0.15, 0.2) is 73.1 Å². The molecule has 8 heteroatoms. The Morgan fingerprint density at radius 1 is 1.03 bits per heavy atom. The van der Waals surface area contributed by atoms with Gasteiger partial charge in [-0.15, -0.1) is 0 Å². The van der Waals surface area contributed by atoms with E-state index in [4.69, 9.17) is 21.3 Å². The summed E-state index contributed by atoms with van der Waals surface area (Å²) in [4.78, 5) is 8.88. The van der Waals surface area contributed by atoms with Crippen LogP contribution in [0.25, 0.3) is 11.0 Å². The molecule has 0 radical (unpaired) electrons. The number of benzene rings is 2. The summed E-state index contributed by atoms with van der Waals surface area (Å²) in [5.41, 5.74) is 5.46. The minimum absolute atomic E-state index is 0.506. The van der Waals surface area contributed by atoms with E-state index in [0.29, 0.717) is 17.4 Å². The molecule has 5 rings (SSSR count). The Bertz CT molecular complexity index is 1330. The van der Waals surface area contributed by atoms with Gasteiger partial charge in [0.1, 0.15) is 5.75 Å². The van der Waals surface area contributed by atoms with Crippen molar-refractivity contribution in [2.75, 3.05) is 5.32 Å². The first-order chi connectivity index (χ1) is 15.6. The topological polar surface area (TPSA) is 80.7 Å².